The van der Waals surface area contributed by atoms with Crippen molar-refractivity contribution >= 4 is 9.84 Å². The van der Waals surface area contributed by atoms with Gasteiger partial charge in [-0.2, -0.15) is 5.10 Å². The van der Waals surface area contributed by atoms with Crippen molar-refractivity contribution in [3.63, 3.8) is 0 Å². The largest absolute Gasteiger partial charge is 0.299 e. The van der Waals surface area contributed by atoms with Crippen LogP contribution in [-0.4, -0.2) is 59.2 Å². The first-order chi connectivity index (χ1) is 9.04. The molecule has 1 saturated heterocycles. The van der Waals surface area contributed by atoms with Crippen LogP contribution in [0.15, 0.2) is 12.7 Å². The normalized spacial score (nSPS) is 21.6. The Bertz CT molecular complexity index is 472. The molecule has 0 radical (unpaired) electrons. The fraction of sp³-hybridized carbons (Fsp3) is 0.833. The predicted octanol–water partition coefficient (Wildman–Crippen LogP) is 0.567. The van der Waals surface area contributed by atoms with Gasteiger partial charge in [0.05, 0.1) is 12.3 Å². The van der Waals surface area contributed by atoms with Gasteiger partial charge in [0.15, 0.2) is 0 Å². The first kappa shape index (κ1) is 14.5. The third-order valence-corrected chi connectivity index (χ3v) is 4.60. The second-order valence-corrected chi connectivity index (χ2v) is 7.55. The van der Waals surface area contributed by atoms with Gasteiger partial charge in [0, 0.05) is 12.3 Å². The summed E-state index contributed by atoms with van der Waals surface area (Å²) in [7, 11) is -2.85. The standard InChI is InChI=1S/C12H22N4O2S/c1-19(17,18)8-4-7-15-6-3-2-5-12(15)9-16-11-13-10-14-16/h10-12H,2-9H2,1H3/t12-/m1/s1. The van der Waals surface area contributed by atoms with Crippen LogP contribution in [0.5, 0.6) is 0 Å². The van der Waals surface area contributed by atoms with Gasteiger partial charge in [0.1, 0.15) is 22.5 Å². The Kier molecular flexibility index (Phi) is 4.93. The maximum Gasteiger partial charge on any atom is 0.147 e. The van der Waals surface area contributed by atoms with Crippen molar-refractivity contribution in [1.82, 2.24) is 19.7 Å². The Balaban J connectivity index is 1.85. The molecule has 1 aromatic rings. The van der Waals surface area contributed by atoms with Crippen LogP contribution in [-0.2, 0) is 16.4 Å². The molecule has 1 fully saturated rings. The van der Waals surface area contributed by atoms with Gasteiger partial charge >= 0.3 is 0 Å². The Labute approximate surface area is 114 Å². The molecule has 2 rings (SSSR count). The summed E-state index contributed by atoms with van der Waals surface area (Å²) in [6, 6.07) is 0.454. The van der Waals surface area contributed by atoms with Crippen LogP contribution in [0.4, 0.5) is 0 Å². The van der Waals surface area contributed by atoms with E-state index in [2.05, 4.69) is 15.0 Å². The fourth-order valence-electron chi connectivity index (χ4n) is 2.63. The molecule has 0 spiro atoms. The van der Waals surface area contributed by atoms with E-state index in [1.165, 1.54) is 19.1 Å². The predicted molar refractivity (Wildman–Crippen MR) is 73.6 cm³/mol. The quantitative estimate of drug-likeness (QED) is 0.764. The van der Waals surface area contributed by atoms with E-state index in [9.17, 15) is 8.42 Å². The number of rotatable bonds is 6. The highest BCUT2D eigenvalue weighted by atomic mass is 32.2. The zero-order chi connectivity index (χ0) is 13.7. The fourth-order valence-corrected chi connectivity index (χ4v) is 3.29. The van der Waals surface area contributed by atoms with Gasteiger partial charge < -0.3 is 0 Å². The third-order valence-electron chi connectivity index (χ3n) is 3.57. The molecule has 0 N–H and O–H groups in total. The van der Waals surface area contributed by atoms with Crippen molar-refractivity contribution in [2.45, 2.75) is 38.3 Å². The van der Waals surface area contributed by atoms with E-state index in [0.29, 0.717) is 12.5 Å². The minimum Gasteiger partial charge on any atom is -0.299 e. The van der Waals surface area contributed by atoms with Gasteiger partial charge in [-0.3, -0.25) is 9.58 Å². The molecule has 2 heterocycles. The number of hydrogen-bond acceptors (Lipinski definition) is 5. The lowest BCUT2D eigenvalue weighted by Gasteiger charge is -2.35. The Morgan fingerprint density at radius 1 is 1.37 bits per heavy atom. The molecule has 0 aliphatic carbocycles. The number of piperidine rings is 1. The lowest BCUT2D eigenvalue weighted by Crippen LogP contribution is -2.43. The summed E-state index contributed by atoms with van der Waals surface area (Å²) in [5.74, 6) is 0.277. The number of likely N-dealkylation sites (tertiary alicyclic amines) is 1. The van der Waals surface area contributed by atoms with Crippen LogP contribution in [0.3, 0.4) is 0 Å². The molecule has 0 saturated carbocycles. The van der Waals surface area contributed by atoms with E-state index in [0.717, 1.165) is 26.1 Å². The molecule has 1 aromatic heterocycles. The van der Waals surface area contributed by atoms with Crippen LogP contribution < -0.4 is 0 Å². The summed E-state index contributed by atoms with van der Waals surface area (Å²) >= 11 is 0. The SMILES string of the molecule is CS(=O)(=O)CCCN1CCCC[C@@H]1Cn1cncn1. The summed E-state index contributed by atoms with van der Waals surface area (Å²) in [5.41, 5.74) is 0. The van der Waals surface area contributed by atoms with Gasteiger partial charge in [-0.25, -0.2) is 13.4 Å². The molecular weight excluding hydrogens is 264 g/mol. The average Bonchev–Trinajstić information content (AvgIpc) is 2.82. The molecule has 108 valence electrons. The van der Waals surface area contributed by atoms with Crippen molar-refractivity contribution in [1.29, 1.82) is 0 Å². The zero-order valence-corrected chi connectivity index (χ0v) is 12.2. The third kappa shape index (κ3) is 4.91. The highest BCUT2D eigenvalue weighted by Gasteiger charge is 2.22. The maximum absolute atomic E-state index is 11.2. The molecule has 1 aliphatic rings. The Hall–Kier alpha value is -0.950. The number of hydrogen-bond donors (Lipinski definition) is 0. The smallest absolute Gasteiger partial charge is 0.147 e. The van der Waals surface area contributed by atoms with Crippen LogP contribution in [0.1, 0.15) is 25.7 Å². The van der Waals surface area contributed by atoms with Crippen molar-refractivity contribution < 1.29 is 8.42 Å². The minimum absolute atomic E-state index is 0.277. The zero-order valence-electron chi connectivity index (χ0n) is 11.4. The monoisotopic (exact) mass is 286 g/mol. The van der Waals surface area contributed by atoms with Gasteiger partial charge in [-0.05, 0) is 32.4 Å². The molecule has 7 heteroatoms. The molecule has 19 heavy (non-hydrogen) atoms. The van der Waals surface area contributed by atoms with Crippen molar-refractivity contribution in [2.75, 3.05) is 25.1 Å². The molecule has 0 aromatic carbocycles. The van der Waals surface area contributed by atoms with E-state index in [1.807, 2.05) is 4.68 Å². The van der Waals surface area contributed by atoms with Crippen LogP contribution >= 0.6 is 0 Å². The van der Waals surface area contributed by atoms with Crippen LogP contribution in [0.2, 0.25) is 0 Å². The summed E-state index contributed by atoms with van der Waals surface area (Å²) in [6.45, 7) is 2.76. The van der Waals surface area contributed by atoms with Gasteiger partial charge in [-0.15, -0.1) is 0 Å². The van der Waals surface area contributed by atoms with Crippen LogP contribution in [0.25, 0.3) is 0 Å². The van der Waals surface area contributed by atoms with Gasteiger partial charge in [0.2, 0.25) is 0 Å². The number of sulfone groups is 1. The Morgan fingerprint density at radius 2 is 2.21 bits per heavy atom. The molecule has 6 nitrogen and oxygen atoms in total. The van der Waals surface area contributed by atoms with E-state index in [4.69, 9.17) is 0 Å². The first-order valence-electron chi connectivity index (χ1n) is 6.79. The topological polar surface area (TPSA) is 68.1 Å². The van der Waals surface area contributed by atoms with E-state index >= 15 is 0 Å². The Morgan fingerprint density at radius 3 is 2.89 bits per heavy atom. The lowest BCUT2D eigenvalue weighted by atomic mass is 10.0. The highest BCUT2D eigenvalue weighted by Crippen LogP contribution is 2.18. The second kappa shape index (κ2) is 6.47. The second-order valence-electron chi connectivity index (χ2n) is 5.29. The average molecular weight is 286 g/mol. The van der Waals surface area contributed by atoms with E-state index in [1.54, 1.807) is 12.7 Å². The summed E-state index contributed by atoms with van der Waals surface area (Å²) < 4.78 is 24.2. The summed E-state index contributed by atoms with van der Waals surface area (Å²) in [4.78, 5) is 6.36. The molecule has 0 amide bonds. The van der Waals surface area contributed by atoms with Crippen molar-refractivity contribution in [3.05, 3.63) is 12.7 Å². The molecule has 0 bridgehead atoms. The summed E-state index contributed by atoms with van der Waals surface area (Å²) in [6.07, 6.45) is 8.90. The van der Waals surface area contributed by atoms with Gasteiger partial charge in [-0.1, -0.05) is 6.42 Å². The molecule has 1 atom stereocenters. The number of nitrogens with zero attached hydrogens (tertiary/aromatic N) is 4. The van der Waals surface area contributed by atoms with Crippen molar-refractivity contribution in [3.8, 4) is 0 Å². The molecular formula is C12H22N4O2S. The van der Waals surface area contributed by atoms with Gasteiger partial charge in [0.25, 0.3) is 0 Å². The molecule has 0 unspecified atom stereocenters. The molecule has 1 aliphatic heterocycles. The first-order valence-corrected chi connectivity index (χ1v) is 8.85. The van der Waals surface area contributed by atoms with Crippen molar-refractivity contribution in [2.24, 2.45) is 0 Å². The number of aromatic nitrogens is 3. The lowest BCUT2D eigenvalue weighted by molar-refractivity contribution is 0.130. The summed E-state index contributed by atoms with van der Waals surface area (Å²) in [5, 5.41) is 4.15. The van der Waals surface area contributed by atoms with E-state index in [-0.39, 0.29) is 5.75 Å². The van der Waals surface area contributed by atoms with E-state index < -0.39 is 9.84 Å². The van der Waals surface area contributed by atoms with Crippen LogP contribution in [0, 0.1) is 0 Å². The maximum atomic E-state index is 11.2. The highest BCUT2D eigenvalue weighted by molar-refractivity contribution is 7.90. The minimum atomic E-state index is -2.85.